The quantitative estimate of drug-likeness (QED) is 0.238. The number of nitrogens with zero attached hydrogens (tertiary/aromatic N) is 2. The lowest BCUT2D eigenvalue weighted by atomic mass is 10.2. The Hall–Kier alpha value is 1.06. The van der Waals surface area contributed by atoms with Gasteiger partial charge in [-0.05, 0) is 96.0 Å². The largest absolute Gasteiger partial charge is 0.264 e. The molecule has 0 aliphatic carbocycles. The van der Waals surface area contributed by atoms with Crippen LogP contribution in [0.2, 0.25) is 0 Å². The highest BCUT2D eigenvalue weighted by atomic mass is 33.1. The molecular weight excluding hydrogens is 469 g/mol. The van der Waals surface area contributed by atoms with Crippen molar-refractivity contribution in [3.05, 3.63) is 0 Å². The minimum atomic E-state index is 0.518. The topological polar surface area (TPSA) is 6.48 Å². The molecule has 0 N–H and O–H groups in total. The zero-order chi connectivity index (χ0) is 21.8. The summed E-state index contributed by atoms with van der Waals surface area (Å²) in [5.41, 5.74) is 0. The first-order valence-electron chi connectivity index (χ1n) is 13.8. The predicted octanol–water partition coefficient (Wildman–Crippen LogP) is 7.98. The Morgan fingerprint density at radius 2 is 0.656 bits per heavy atom. The van der Waals surface area contributed by atoms with Crippen LogP contribution >= 0.6 is 42.6 Å². The first-order chi connectivity index (χ1) is 15.9. The maximum atomic E-state index is 2.88. The van der Waals surface area contributed by atoms with Crippen LogP contribution in [0.3, 0.4) is 0 Å². The van der Waals surface area contributed by atoms with E-state index in [1.54, 1.807) is 0 Å². The second kappa shape index (κ2) is 15.2. The van der Waals surface area contributed by atoms with E-state index in [9.17, 15) is 0 Å². The molecule has 0 unspecified atom stereocenters. The highest BCUT2D eigenvalue weighted by Gasteiger charge is 2.24. The van der Waals surface area contributed by atoms with Crippen molar-refractivity contribution >= 4 is 51.2 Å². The molecule has 2 nitrogen and oxygen atoms in total. The van der Waals surface area contributed by atoms with Crippen LogP contribution in [0.15, 0.2) is 0 Å². The Balaban J connectivity index is 1.56. The lowest BCUT2D eigenvalue weighted by molar-refractivity contribution is 0.449. The second-order valence-corrected chi connectivity index (χ2v) is 17.1. The van der Waals surface area contributed by atoms with Gasteiger partial charge in [0.05, 0.1) is 8.64 Å². The molecule has 0 bridgehead atoms. The van der Waals surface area contributed by atoms with E-state index in [0.29, 0.717) is 21.0 Å². The Morgan fingerprint density at radius 1 is 0.375 bits per heavy atom. The Kier molecular flexibility index (Phi) is 12.4. The molecule has 0 atom stereocenters. The lowest BCUT2D eigenvalue weighted by Gasteiger charge is -2.29. The van der Waals surface area contributed by atoms with Gasteiger partial charge in [0.25, 0.3) is 0 Å². The molecule has 0 amide bonds. The third kappa shape index (κ3) is 8.33. The van der Waals surface area contributed by atoms with Crippen LogP contribution in [-0.4, -0.2) is 67.6 Å². The fourth-order valence-electron chi connectivity index (χ4n) is 5.51. The van der Waals surface area contributed by atoms with Crippen molar-refractivity contribution in [2.24, 2.45) is 0 Å². The van der Waals surface area contributed by atoms with Gasteiger partial charge in [0.1, 0.15) is 0 Å². The molecule has 0 saturated carbocycles. The van der Waals surface area contributed by atoms with E-state index >= 15 is 0 Å². The van der Waals surface area contributed by atoms with Gasteiger partial charge in [0.2, 0.25) is 0 Å². The molecule has 4 saturated heterocycles. The van der Waals surface area contributed by atoms with Gasteiger partial charge < -0.3 is 0 Å². The Morgan fingerprint density at radius 3 is 0.969 bits per heavy atom. The van der Waals surface area contributed by atoms with E-state index in [4.69, 9.17) is 0 Å². The standard InChI is InChI=1S/C26H48N2S4/c1-2-10-18-27(17-9-1)25(31-21-13-5-6-14-22-31)29-30-26(28-19-11-3-4-12-20-28)32-23-15-7-8-16-24-32/h1-24H2. The SMILES string of the molecule is C1CCCN(C(SSC(N2CCCCCC2)=S2CCCCCC2)=S2CCCCCC2)CC1. The van der Waals surface area contributed by atoms with E-state index in [1.807, 2.05) is 8.64 Å². The van der Waals surface area contributed by atoms with Crippen molar-refractivity contribution in [1.82, 2.24) is 9.80 Å². The Labute approximate surface area is 212 Å². The van der Waals surface area contributed by atoms with E-state index < -0.39 is 0 Å². The zero-order valence-corrected chi connectivity index (χ0v) is 23.8. The fourth-order valence-corrected chi connectivity index (χ4v) is 15.8. The van der Waals surface area contributed by atoms with Gasteiger partial charge >= 0.3 is 0 Å². The minimum Gasteiger partial charge on any atom is -0.264 e. The summed E-state index contributed by atoms with van der Waals surface area (Å²) in [7, 11) is 5.56. The van der Waals surface area contributed by atoms with Crippen LogP contribution in [0.4, 0.5) is 0 Å². The van der Waals surface area contributed by atoms with Gasteiger partial charge in [-0.15, -0.1) is 0 Å². The van der Waals surface area contributed by atoms with Gasteiger partial charge in [0, 0.05) is 26.2 Å². The van der Waals surface area contributed by atoms with Crippen LogP contribution in [0.5, 0.6) is 0 Å². The highest BCUT2D eigenvalue weighted by molar-refractivity contribution is 8.90. The van der Waals surface area contributed by atoms with Crippen LogP contribution in [0.1, 0.15) is 103 Å². The summed E-state index contributed by atoms with van der Waals surface area (Å²) in [6.45, 7) is 5.32. The summed E-state index contributed by atoms with van der Waals surface area (Å²) in [6, 6.07) is 0. The molecule has 0 aromatic carbocycles. The molecule has 6 heteroatoms. The third-order valence-corrected chi connectivity index (χ3v) is 16.7. The van der Waals surface area contributed by atoms with E-state index in [2.05, 4.69) is 31.4 Å². The summed E-state index contributed by atoms with van der Waals surface area (Å²) in [5, 5.41) is 0. The first kappa shape index (κ1) is 26.1. The predicted molar refractivity (Wildman–Crippen MR) is 157 cm³/mol. The average molecular weight is 517 g/mol. The van der Waals surface area contributed by atoms with Crippen molar-refractivity contribution in [2.45, 2.75) is 103 Å². The molecule has 0 aromatic rings. The summed E-state index contributed by atoms with van der Waals surface area (Å²) >= 11 is 0. The molecule has 0 aromatic heterocycles. The molecule has 32 heavy (non-hydrogen) atoms. The first-order valence-corrected chi connectivity index (χ1v) is 19.1. The number of rotatable bonds is 0. The molecule has 4 aliphatic rings. The highest BCUT2D eigenvalue weighted by Crippen LogP contribution is 2.41. The van der Waals surface area contributed by atoms with Crippen LogP contribution in [-0.2, 0) is 0 Å². The van der Waals surface area contributed by atoms with Gasteiger partial charge in [-0.1, -0.05) is 51.4 Å². The molecule has 0 radical (unpaired) electrons. The maximum Gasteiger partial charge on any atom is 0.0870 e. The van der Waals surface area contributed by atoms with Gasteiger partial charge in [-0.2, -0.15) is 21.0 Å². The fraction of sp³-hybridized carbons (Fsp3) is 0.923. The smallest absolute Gasteiger partial charge is 0.0870 e. The third-order valence-electron chi connectivity index (χ3n) is 7.47. The van der Waals surface area contributed by atoms with Crippen molar-refractivity contribution < 1.29 is 0 Å². The Bertz CT molecular complexity index is 543. The van der Waals surface area contributed by atoms with Crippen molar-refractivity contribution in [1.29, 1.82) is 0 Å². The maximum absolute atomic E-state index is 2.88. The van der Waals surface area contributed by atoms with Gasteiger partial charge in [-0.3, -0.25) is 9.80 Å². The molecule has 4 rings (SSSR count). The van der Waals surface area contributed by atoms with E-state index in [-0.39, 0.29) is 0 Å². The zero-order valence-electron chi connectivity index (χ0n) is 20.5. The van der Waals surface area contributed by atoms with Crippen molar-refractivity contribution in [3.8, 4) is 0 Å². The lowest BCUT2D eigenvalue weighted by Crippen LogP contribution is -2.32. The summed E-state index contributed by atoms with van der Waals surface area (Å²) in [4.78, 5) is 5.77. The molecular formula is C26H48N2S4. The van der Waals surface area contributed by atoms with Crippen LogP contribution in [0, 0.1) is 0 Å². The average Bonchev–Trinajstić information content (AvgIpc) is 3.42. The van der Waals surface area contributed by atoms with Crippen molar-refractivity contribution in [2.75, 3.05) is 49.2 Å². The minimum absolute atomic E-state index is 0.518. The number of hydrogen-bond donors (Lipinski definition) is 0. The van der Waals surface area contributed by atoms with Gasteiger partial charge in [0.15, 0.2) is 0 Å². The summed E-state index contributed by atoms with van der Waals surface area (Å²) in [5.74, 6) is 5.91. The van der Waals surface area contributed by atoms with Crippen LogP contribution in [0.25, 0.3) is 0 Å². The van der Waals surface area contributed by atoms with E-state index in [0.717, 1.165) is 0 Å². The summed E-state index contributed by atoms with van der Waals surface area (Å²) in [6.07, 6.45) is 23.2. The monoisotopic (exact) mass is 516 g/mol. The number of hydrogen-bond acceptors (Lipinski definition) is 2. The van der Waals surface area contributed by atoms with Crippen molar-refractivity contribution in [3.63, 3.8) is 0 Å². The second-order valence-electron chi connectivity index (χ2n) is 10.1. The van der Waals surface area contributed by atoms with Gasteiger partial charge in [-0.25, -0.2) is 0 Å². The number of likely N-dealkylation sites (tertiary alicyclic amines) is 2. The molecule has 0 spiro atoms. The molecule has 4 heterocycles. The molecule has 4 fully saturated rings. The molecule has 4 aliphatic heterocycles. The van der Waals surface area contributed by atoms with E-state index in [1.165, 1.54) is 152 Å². The molecule has 186 valence electrons. The normalized spacial score (nSPS) is 26.6. The summed E-state index contributed by atoms with van der Waals surface area (Å²) < 4.78 is 3.65. The van der Waals surface area contributed by atoms with Crippen LogP contribution < -0.4 is 0 Å².